The van der Waals surface area contributed by atoms with Crippen molar-refractivity contribution in [3.05, 3.63) is 41.2 Å². The molecule has 0 saturated carbocycles. The van der Waals surface area contributed by atoms with Crippen LogP contribution >= 0.6 is 0 Å². The Balaban J connectivity index is 2.02. The van der Waals surface area contributed by atoms with E-state index in [0.29, 0.717) is 30.2 Å². The number of benzene rings is 1. The normalized spacial score (nSPS) is 10.2. The lowest BCUT2D eigenvalue weighted by Gasteiger charge is -2.10. The second kappa shape index (κ2) is 5.44. The van der Waals surface area contributed by atoms with Crippen LogP contribution in [0.3, 0.4) is 0 Å². The lowest BCUT2D eigenvalue weighted by molar-refractivity contribution is 0.289. The number of aromatic nitrogens is 2. The molecule has 0 aliphatic rings. The van der Waals surface area contributed by atoms with Crippen molar-refractivity contribution < 1.29 is 4.74 Å². The summed E-state index contributed by atoms with van der Waals surface area (Å²) in [5.41, 5.74) is 8.62. The molecule has 5 nitrogen and oxygen atoms in total. The molecule has 2 rings (SSSR count). The molecule has 0 aliphatic heterocycles. The summed E-state index contributed by atoms with van der Waals surface area (Å²) in [6, 6.07) is 9.28. The van der Waals surface area contributed by atoms with E-state index in [1.807, 2.05) is 24.6 Å². The lowest BCUT2D eigenvalue weighted by Crippen LogP contribution is -2.11. The van der Waals surface area contributed by atoms with Gasteiger partial charge in [0.1, 0.15) is 24.0 Å². The number of nitrogens with two attached hydrogens (primary N) is 1. The molecule has 0 aliphatic carbocycles. The number of anilines is 1. The van der Waals surface area contributed by atoms with Gasteiger partial charge >= 0.3 is 0 Å². The molecule has 0 spiro atoms. The number of nitriles is 1. The predicted octanol–water partition coefficient (Wildman–Crippen LogP) is 2.03. The molecular formula is C14H16N4O. The predicted molar refractivity (Wildman–Crippen MR) is 72.8 cm³/mol. The van der Waals surface area contributed by atoms with Gasteiger partial charge in [-0.25, -0.2) is 0 Å². The van der Waals surface area contributed by atoms with E-state index in [1.54, 1.807) is 18.2 Å². The summed E-state index contributed by atoms with van der Waals surface area (Å²) in [6.07, 6.45) is 0. The standard InChI is InChI=1S/C14H16N4O/c1-10-8-11(2)18(17-10)6-7-19-14-5-3-4-13(16)12(14)9-15/h3-5,8H,6-7,16H2,1-2H3. The molecule has 1 heterocycles. The van der Waals surface area contributed by atoms with Crippen LogP contribution in [-0.4, -0.2) is 16.4 Å². The fraction of sp³-hybridized carbons (Fsp3) is 0.286. The van der Waals surface area contributed by atoms with E-state index in [-0.39, 0.29) is 0 Å². The topological polar surface area (TPSA) is 76.9 Å². The van der Waals surface area contributed by atoms with Gasteiger partial charge in [0.15, 0.2) is 0 Å². The third-order valence-electron chi connectivity index (χ3n) is 2.83. The van der Waals surface area contributed by atoms with Crippen molar-refractivity contribution in [2.75, 3.05) is 12.3 Å². The van der Waals surface area contributed by atoms with E-state index in [9.17, 15) is 0 Å². The van der Waals surface area contributed by atoms with Gasteiger partial charge in [0.25, 0.3) is 0 Å². The first-order chi connectivity index (χ1) is 9.11. The fourth-order valence-corrected chi connectivity index (χ4v) is 1.93. The molecule has 0 bridgehead atoms. The third kappa shape index (κ3) is 2.86. The van der Waals surface area contributed by atoms with E-state index in [2.05, 4.69) is 11.2 Å². The van der Waals surface area contributed by atoms with Gasteiger partial charge in [0.05, 0.1) is 17.9 Å². The van der Waals surface area contributed by atoms with E-state index in [4.69, 9.17) is 15.7 Å². The molecule has 1 aromatic carbocycles. The van der Waals surface area contributed by atoms with Crippen LogP contribution in [0.1, 0.15) is 17.0 Å². The van der Waals surface area contributed by atoms with Crippen molar-refractivity contribution >= 4 is 5.69 Å². The largest absolute Gasteiger partial charge is 0.490 e. The lowest BCUT2D eigenvalue weighted by atomic mass is 10.2. The van der Waals surface area contributed by atoms with Crippen LogP contribution in [0.25, 0.3) is 0 Å². The zero-order chi connectivity index (χ0) is 13.8. The van der Waals surface area contributed by atoms with Crippen LogP contribution in [0.5, 0.6) is 5.75 Å². The quantitative estimate of drug-likeness (QED) is 0.849. The van der Waals surface area contributed by atoms with Crippen LogP contribution in [0.4, 0.5) is 5.69 Å². The summed E-state index contributed by atoms with van der Waals surface area (Å²) >= 11 is 0. The summed E-state index contributed by atoms with van der Waals surface area (Å²) in [5.74, 6) is 0.518. The molecule has 0 fully saturated rings. The molecule has 1 aromatic heterocycles. The Morgan fingerprint density at radius 3 is 2.84 bits per heavy atom. The first-order valence-electron chi connectivity index (χ1n) is 6.04. The SMILES string of the molecule is Cc1cc(C)n(CCOc2cccc(N)c2C#N)n1. The van der Waals surface area contributed by atoms with E-state index in [1.165, 1.54) is 0 Å². The van der Waals surface area contributed by atoms with E-state index >= 15 is 0 Å². The summed E-state index contributed by atoms with van der Waals surface area (Å²) in [6.45, 7) is 5.04. The molecule has 2 N–H and O–H groups in total. The summed E-state index contributed by atoms with van der Waals surface area (Å²) < 4.78 is 7.50. The molecule has 98 valence electrons. The molecule has 0 unspecified atom stereocenters. The van der Waals surface area contributed by atoms with Crippen LogP contribution in [0.2, 0.25) is 0 Å². The number of nitrogens with zero attached hydrogens (tertiary/aromatic N) is 3. The van der Waals surface area contributed by atoms with Crippen LogP contribution in [0, 0.1) is 25.2 Å². The molecule has 0 atom stereocenters. The van der Waals surface area contributed by atoms with Gasteiger partial charge in [-0.05, 0) is 32.0 Å². The first kappa shape index (κ1) is 13.0. The number of nitrogen functional groups attached to an aromatic ring is 1. The second-order valence-electron chi connectivity index (χ2n) is 4.33. The van der Waals surface area contributed by atoms with Gasteiger partial charge in [0, 0.05) is 5.69 Å². The smallest absolute Gasteiger partial charge is 0.139 e. The Morgan fingerprint density at radius 1 is 1.42 bits per heavy atom. The van der Waals surface area contributed by atoms with Crippen LogP contribution < -0.4 is 10.5 Å². The monoisotopic (exact) mass is 256 g/mol. The minimum Gasteiger partial charge on any atom is -0.490 e. The third-order valence-corrected chi connectivity index (χ3v) is 2.83. The number of hydrogen-bond acceptors (Lipinski definition) is 4. The Labute approximate surface area is 112 Å². The van der Waals surface area contributed by atoms with Gasteiger partial charge in [-0.15, -0.1) is 0 Å². The van der Waals surface area contributed by atoms with Crippen LogP contribution in [0.15, 0.2) is 24.3 Å². The van der Waals surface area contributed by atoms with Crippen molar-refractivity contribution in [3.8, 4) is 11.8 Å². The maximum Gasteiger partial charge on any atom is 0.139 e. The van der Waals surface area contributed by atoms with E-state index < -0.39 is 0 Å². The molecule has 5 heteroatoms. The molecule has 2 aromatic rings. The minimum absolute atomic E-state index is 0.385. The first-order valence-corrected chi connectivity index (χ1v) is 6.04. The summed E-state index contributed by atoms with van der Waals surface area (Å²) in [4.78, 5) is 0. The Hall–Kier alpha value is -2.48. The summed E-state index contributed by atoms with van der Waals surface area (Å²) in [7, 11) is 0. The average Bonchev–Trinajstić information content (AvgIpc) is 2.68. The molecule has 19 heavy (non-hydrogen) atoms. The highest BCUT2D eigenvalue weighted by Crippen LogP contribution is 2.23. The van der Waals surface area contributed by atoms with Gasteiger partial charge < -0.3 is 10.5 Å². The highest BCUT2D eigenvalue weighted by atomic mass is 16.5. The highest BCUT2D eigenvalue weighted by Gasteiger charge is 2.07. The Morgan fingerprint density at radius 2 is 2.21 bits per heavy atom. The highest BCUT2D eigenvalue weighted by molar-refractivity contribution is 5.60. The molecular weight excluding hydrogens is 240 g/mol. The van der Waals surface area contributed by atoms with E-state index in [0.717, 1.165) is 11.4 Å². The Kier molecular flexibility index (Phi) is 3.71. The van der Waals surface area contributed by atoms with Crippen molar-refractivity contribution in [2.45, 2.75) is 20.4 Å². The summed E-state index contributed by atoms with van der Waals surface area (Å²) in [5, 5.41) is 13.4. The second-order valence-corrected chi connectivity index (χ2v) is 4.33. The zero-order valence-electron chi connectivity index (χ0n) is 11.1. The molecule has 0 saturated heterocycles. The number of ether oxygens (including phenoxy) is 1. The van der Waals surface area contributed by atoms with Crippen molar-refractivity contribution in [1.82, 2.24) is 9.78 Å². The zero-order valence-corrected chi connectivity index (χ0v) is 11.1. The maximum absolute atomic E-state index is 9.04. The number of rotatable bonds is 4. The molecule has 0 radical (unpaired) electrons. The van der Waals surface area contributed by atoms with Crippen LogP contribution in [-0.2, 0) is 6.54 Å². The van der Waals surface area contributed by atoms with Crippen molar-refractivity contribution in [1.29, 1.82) is 5.26 Å². The maximum atomic E-state index is 9.04. The van der Waals surface area contributed by atoms with Crippen molar-refractivity contribution in [3.63, 3.8) is 0 Å². The molecule has 0 amide bonds. The van der Waals surface area contributed by atoms with Crippen molar-refractivity contribution in [2.24, 2.45) is 0 Å². The average molecular weight is 256 g/mol. The Bertz CT molecular complexity index is 625. The fourth-order valence-electron chi connectivity index (χ4n) is 1.93. The minimum atomic E-state index is 0.385. The number of aryl methyl sites for hydroxylation is 2. The number of hydrogen-bond donors (Lipinski definition) is 1. The van der Waals surface area contributed by atoms with Gasteiger partial charge in [-0.3, -0.25) is 4.68 Å². The van der Waals surface area contributed by atoms with Gasteiger partial charge in [-0.1, -0.05) is 6.07 Å². The van der Waals surface area contributed by atoms with Gasteiger partial charge in [-0.2, -0.15) is 10.4 Å². The van der Waals surface area contributed by atoms with Gasteiger partial charge in [0.2, 0.25) is 0 Å².